The van der Waals surface area contributed by atoms with Crippen LogP contribution in [0.4, 0.5) is 0 Å². The summed E-state index contributed by atoms with van der Waals surface area (Å²) in [5, 5.41) is 3.10. The van der Waals surface area contributed by atoms with E-state index in [0.717, 1.165) is 19.3 Å². The van der Waals surface area contributed by atoms with Gasteiger partial charge in [0.05, 0.1) is 0 Å². The van der Waals surface area contributed by atoms with Crippen molar-refractivity contribution in [1.82, 2.24) is 5.32 Å². The van der Waals surface area contributed by atoms with E-state index in [1.807, 2.05) is 0 Å². The van der Waals surface area contributed by atoms with Gasteiger partial charge in [-0.2, -0.15) is 0 Å². The maximum Gasteiger partial charge on any atom is 0.220 e. The van der Waals surface area contributed by atoms with Crippen LogP contribution in [0.15, 0.2) is 0 Å². The number of nitrogens with two attached hydrogens (primary N) is 1. The Kier molecular flexibility index (Phi) is 3.93. The third-order valence-corrected chi connectivity index (χ3v) is 3.28. The van der Waals surface area contributed by atoms with E-state index in [0.29, 0.717) is 18.9 Å². The van der Waals surface area contributed by atoms with Gasteiger partial charge in [0.1, 0.15) is 0 Å². The molecule has 14 heavy (non-hydrogen) atoms. The summed E-state index contributed by atoms with van der Waals surface area (Å²) in [4.78, 5) is 11.6. The van der Waals surface area contributed by atoms with Gasteiger partial charge in [0, 0.05) is 12.0 Å². The van der Waals surface area contributed by atoms with Crippen LogP contribution in [0, 0.1) is 5.92 Å². The van der Waals surface area contributed by atoms with Crippen molar-refractivity contribution in [2.75, 3.05) is 6.54 Å². The third kappa shape index (κ3) is 2.98. The predicted molar refractivity (Wildman–Crippen MR) is 57.9 cm³/mol. The zero-order valence-corrected chi connectivity index (χ0v) is 9.31. The lowest BCUT2D eigenvalue weighted by Crippen LogP contribution is -2.51. The molecule has 3 N–H and O–H groups in total. The zero-order chi connectivity index (χ0) is 10.6. The van der Waals surface area contributed by atoms with Crippen molar-refractivity contribution in [1.29, 1.82) is 0 Å². The number of nitrogens with one attached hydrogen (secondary N) is 1. The molecule has 3 heteroatoms. The van der Waals surface area contributed by atoms with Crippen molar-refractivity contribution in [3.8, 4) is 0 Å². The van der Waals surface area contributed by atoms with Crippen LogP contribution in [0.1, 0.15) is 46.0 Å². The summed E-state index contributed by atoms with van der Waals surface area (Å²) in [6, 6.07) is 0. The van der Waals surface area contributed by atoms with E-state index in [9.17, 15) is 4.79 Å². The van der Waals surface area contributed by atoms with E-state index >= 15 is 0 Å². The van der Waals surface area contributed by atoms with Gasteiger partial charge in [-0.3, -0.25) is 4.79 Å². The molecular weight excluding hydrogens is 176 g/mol. The zero-order valence-electron chi connectivity index (χ0n) is 9.31. The molecule has 0 saturated heterocycles. The summed E-state index contributed by atoms with van der Waals surface area (Å²) in [5.74, 6) is 0.517. The Balaban J connectivity index is 2.27. The molecule has 0 bridgehead atoms. The number of hydrogen-bond donors (Lipinski definition) is 2. The lowest BCUT2D eigenvalue weighted by molar-refractivity contribution is -0.124. The molecule has 0 radical (unpaired) electrons. The maximum atomic E-state index is 11.6. The average Bonchev–Trinajstić information content (AvgIpc) is 2.11. The quantitative estimate of drug-likeness (QED) is 0.702. The second kappa shape index (κ2) is 4.78. The normalized spacial score (nSPS) is 21.1. The summed E-state index contributed by atoms with van der Waals surface area (Å²) in [6.07, 6.45) is 5.06. The fourth-order valence-corrected chi connectivity index (χ4v) is 1.88. The Labute approximate surface area is 86.4 Å². The molecule has 3 nitrogen and oxygen atoms in total. The monoisotopic (exact) mass is 198 g/mol. The Morgan fingerprint density at radius 3 is 2.57 bits per heavy atom. The summed E-state index contributed by atoms with van der Waals surface area (Å²) in [5.41, 5.74) is 5.65. The van der Waals surface area contributed by atoms with Crippen molar-refractivity contribution < 1.29 is 4.79 Å². The van der Waals surface area contributed by atoms with Crippen LogP contribution in [-0.2, 0) is 4.79 Å². The Hall–Kier alpha value is -0.570. The first-order valence-electron chi connectivity index (χ1n) is 5.60. The van der Waals surface area contributed by atoms with Crippen molar-refractivity contribution >= 4 is 5.91 Å². The van der Waals surface area contributed by atoms with Crippen molar-refractivity contribution in [2.45, 2.75) is 51.5 Å². The van der Waals surface area contributed by atoms with Crippen LogP contribution in [0.3, 0.4) is 0 Å². The third-order valence-electron chi connectivity index (χ3n) is 3.28. The van der Waals surface area contributed by atoms with E-state index in [4.69, 9.17) is 5.73 Å². The Morgan fingerprint density at radius 1 is 1.57 bits per heavy atom. The molecule has 1 unspecified atom stereocenters. The first-order valence-corrected chi connectivity index (χ1v) is 5.60. The lowest BCUT2D eigenvalue weighted by Gasteiger charge is -2.39. The van der Waals surface area contributed by atoms with Crippen molar-refractivity contribution in [3.63, 3.8) is 0 Å². The van der Waals surface area contributed by atoms with Crippen LogP contribution in [0.2, 0.25) is 0 Å². The maximum absolute atomic E-state index is 11.6. The van der Waals surface area contributed by atoms with Crippen molar-refractivity contribution in [2.24, 2.45) is 11.7 Å². The van der Waals surface area contributed by atoms with Crippen LogP contribution in [-0.4, -0.2) is 18.0 Å². The molecule has 0 spiro atoms. The Bertz CT molecular complexity index is 195. The van der Waals surface area contributed by atoms with Crippen molar-refractivity contribution in [3.05, 3.63) is 0 Å². The standard InChI is InChI=1S/C11H22N2O/c1-3-9(8-12)7-10(14)13-11(2)5-4-6-11/h9H,3-8,12H2,1-2H3,(H,13,14). The summed E-state index contributed by atoms with van der Waals surface area (Å²) in [7, 11) is 0. The first kappa shape index (κ1) is 11.5. The molecule has 0 aromatic heterocycles. The first-order chi connectivity index (χ1) is 6.59. The van der Waals surface area contributed by atoms with E-state index in [1.54, 1.807) is 0 Å². The van der Waals surface area contributed by atoms with Gasteiger partial charge in [-0.25, -0.2) is 0 Å². The van der Waals surface area contributed by atoms with E-state index < -0.39 is 0 Å². The minimum absolute atomic E-state index is 0.0873. The van der Waals surface area contributed by atoms with E-state index in [2.05, 4.69) is 19.2 Å². The fourth-order valence-electron chi connectivity index (χ4n) is 1.88. The van der Waals surface area contributed by atoms with Crippen LogP contribution >= 0.6 is 0 Å². The van der Waals surface area contributed by atoms with Gasteiger partial charge >= 0.3 is 0 Å². The SMILES string of the molecule is CCC(CN)CC(=O)NC1(C)CCC1. The highest BCUT2D eigenvalue weighted by atomic mass is 16.1. The fraction of sp³-hybridized carbons (Fsp3) is 0.909. The molecule has 1 atom stereocenters. The number of carbonyl (C=O) groups is 1. The second-order valence-corrected chi connectivity index (χ2v) is 4.68. The highest BCUT2D eigenvalue weighted by Gasteiger charge is 2.33. The number of rotatable bonds is 5. The molecule has 82 valence electrons. The molecule has 1 fully saturated rings. The van der Waals surface area contributed by atoms with Crippen LogP contribution in [0.5, 0.6) is 0 Å². The Morgan fingerprint density at radius 2 is 2.21 bits per heavy atom. The minimum Gasteiger partial charge on any atom is -0.351 e. The van der Waals surface area contributed by atoms with E-state index in [1.165, 1.54) is 6.42 Å². The van der Waals surface area contributed by atoms with Crippen LogP contribution in [0.25, 0.3) is 0 Å². The lowest BCUT2D eigenvalue weighted by atomic mass is 9.78. The number of carbonyl (C=O) groups excluding carboxylic acids is 1. The van der Waals surface area contributed by atoms with Gasteiger partial charge in [-0.1, -0.05) is 13.3 Å². The molecule has 1 aliphatic rings. The summed E-state index contributed by atoms with van der Waals surface area (Å²) in [6.45, 7) is 4.81. The van der Waals surface area contributed by atoms with Gasteiger partial charge in [-0.05, 0) is 38.6 Å². The van der Waals surface area contributed by atoms with Gasteiger partial charge in [0.2, 0.25) is 5.91 Å². The van der Waals surface area contributed by atoms with Crippen LogP contribution < -0.4 is 11.1 Å². The van der Waals surface area contributed by atoms with Gasteiger partial charge < -0.3 is 11.1 Å². The largest absolute Gasteiger partial charge is 0.351 e. The minimum atomic E-state index is 0.0873. The smallest absolute Gasteiger partial charge is 0.220 e. The summed E-state index contributed by atoms with van der Waals surface area (Å²) >= 11 is 0. The molecule has 1 amide bonds. The topological polar surface area (TPSA) is 55.1 Å². The van der Waals surface area contributed by atoms with E-state index in [-0.39, 0.29) is 11.4 Å². The highest BCUT2D eigenvalue weighted by molar-refractivity contribution is 5.77. The number of hydrogen-bond acceptors (Lipinski definition) is 2. The van der Waals surface area contributed by atoms with Gasteiger partial charge in [0.25, 0.3) is 0 Å². The molecule has 0 heterocycles. The molecule has 1 saturated carbocycles. The van der Waals surface area contributed by atoms with Gasteiger partial charge in [0.15, 0.2) is 0 Å². The molecule has 0 aliphatic heterocycles. The van der Waals surface area contributed by atoms with Gasteiger partial charge in [-0.15, -0.1) is 0 Å². The average molecular weight is 198 g/mol. The molecular formula is C11H22N2O. The molecule has 1 rings (SSSR count). The summed E-state index contributed by atoms with van der Waals surface area (Å²) < 4.78 is 0. The predicted octanol–water partition coefficient (Wildman–Crippen LogP) is 1.42. The molecule has 1 aliphatic carbocycles. The number of amides is 1. The highest BCUT2D eigenvalue weighted by Crippen LogP contribution is 2.31. The molecule has 0 aromatic rings. The second-order valence-electron chi connectivity index (χ2n) is 4.68. The molecule has 0 aromatic carbocycles.